The Kier molecular flexibility index (Phi) is 5.21. The summed E-state index contributed by atoms with van der Waals surface area (Å²) in [5.41, 5.74) is 6.16. The van der Waals surface area contributed by atoms with Crippen LogP contribution in [0.15, 0.2) is 24.1 Å². The second-order valence-corrected chi connectivity index (χ2v) is 2.87. The number of rotatable bonds is 5. The molecule has 12 heavy (non-hydrogen) atoms. The maximum atomic E-state index is 5.56. The van der Waals surface area contributed by atoms with E-state index >= 15 is 0 Å². The summed E-state index contributed by atoms with van der Waals surface area (Å²) in [6.45, 7) is 6.94. The Morgan fingerprint density at radius 2 is 2.17 bits per heavy atom. The van der Waals surface area contributed by atoms with E-state index in [4.69, 9.17) is 10.5 Å². The van der Waals surface area contributed by atoms with Crippen molar-refractivity contribution in [1.82, 2.24) is 4.90 Å². The Balaban J connectivity index is 3.71. The SMILES string of the molecule is C=C/C(N)=C(/C)OCCN(C)C. The second-order valence-electron chi connectivity index (χ2n) is 2.87. The van der Waals surface area contributed by atoms with Gasteiger partial charge in [0.05, 0.1) is 5.70 Å². The van der Waals surface area contributed by atoms with Gasteiger partial charge < -0.3 is 15.4 Å². The minimum absolute atomic E-state index is 0.605. The molecule has 0 bridgehead atoms. The van der Waals surface area contributed by atoms with Crippen molar-refractivity contribution in [2.45, 2.75) is 6.92 Å². The Morgan fingerprint density at radius 3 is 2.58 bits per heavy atom. The van der Waals surface area contributed by atoms with E-state index in [0.717, 1.165) is 12.3 Å². The molecule has 0 aliphatic heterocycles. The molecule has 3 heteroatoms. The summed E-state index contributed by atoms with van der Waals surface area (Å²) in [6.07, 6.45) is 1.59. The van der Waals surface area contributed by atoms with E-state index in [1.807, 2.05) is 21.0 Å². The van der Waals surface area contributed by atoms with Crippen LogP contribution in [0.4, 0.5) is 0 Å². The van der Waals surface area contributed by atoms with Crippen molar-refractivity contribution in [3.63, 3.8) is 0 Å². The molecule has 2 N–H and O–H groups in total. The molecule has 0 saturated heterocycles. The summed E-state index contributed by atoms with van der Waals surface area (Å²) < 4.78 is 5.35. The van der Waals surface area contributed by atoms with Crippen molar-refractivity contribution < 1.29 is 4.74 Å². The average molecular weight is 170 g/mol. The summed E-state index contributed by atoms with van der Waals surface area (Å²) >= 11 is 0. The minimum atomic E-state index is 0.605. The lowest BCUT2D eigenvalue weighted by Gasteiger charge is -2.11. The third kappa shape index (κ3) is 4.79. The van der Waals surface area contributed by atoms with E-state index in [1.165, 1.54) is 0 Å². The molecule has 0 unspecified atom stereocenters. The fraction of sp³-hybridized carbons (Fsp3) is 0.556. The van der Waals surface area contributed by atoms with Crippen molar-refractivity contribution in [2.24, 2.45) is 5.73 Å². The fourth-order valence-electron chi connectivity index (χ4n) is 0.608. The minimum Gasteiger partial charge on any atom is -0.495 e. The lowest BCUT2D eigenvalue weighted by atomic mass is 10.4. The normalized spacial score (nSPS) is 12.7. The molecular formula is C9H18N2O. The predicted octanol–water partition coefficient (Wildman–Crippen LogP) is 0.941. The van der Waals surface area contributed by atoms with E-state index in [0.29, 0.717) is 12.3 Å². The summed E-state index contributed by atoms with van der Waals surface area (Å²) in [4.78, 5) is 2.05. The lowest BCUT2D eigenvalue weighted by molar-refractivity contribution is 0.182. The van der Waals surface area contributed by atoms with Crippen LogP contribution in [-0.4, -0.2) is 32.1 Å². The van der Waals surface area contributed by atoms with Gasteiger partial charge in [-0.15, -0.1) is 0 Å². The zero-order valence-corrected chi connectivity index (χ0v) is 8.13. The lowest BCUT2D eigenvalue weighted by Crippen LogP contribution is -2.18. The van der Waals surface area contributed by atoms with Gasteiger partial charge in [-0.3, -0.25) is 0 Å². The molecule has 0 aliphatic rings. The van der Waals surface area contributed by atoms with Crippen molar-refractivity contribution in [3.05, 3.63) is 24.1 Å². The molecule has 3 nitrogen and oxygen atoms in total. The van der Waals surface area contributed by atoms with Crippen LogP contribution in [0.1, 0.15) is 6.92 Å². The van der Waals surface area contributed by atoms with Gasteiger partial charge in [-0.05, 0) is 27.1 Å². The van der Waals surface area contributed by atoms with Crippen LogP contribution in [0, 0.1) is 0 Å². The first-order valence-corrected chi connectivity index (χ1v) is 3.94. The van der Waals surface area contributed by atoms with Gasteiger partial charge in [0.1, 0.15) is 12.4 Å². The van der Waals surface area contributed by atoms with Gasteiger partial charge in [-0.25, -0.2) is 0 Å². The summed E-state index contributed by atoms with van der Waals surface area (Å²) in [7, 11) is 4.00. The first-order valence-electron chi connectivity index (χ1n) is 3.94. The highest BCUT2D eigenvalue weighted by molar-refractivity contribution is 5.14. The zero-order chi connectivity index (χ0) is 9.56. The van der Waals surface area contributed by atoms with Crippen molar-refractivity contribution in [2.75, 3.05) is 27.2 Å². The van der Waals surface area contributed by atoms with Crippen LogP contribution < -0.4 is 5.73 Å². The van der Waals surface area contributed by atoms with E-state index in [-0.39, 0.29) is 0 Å². The van der Waals surface area contributed by atoms with Crippen LogP contribution in [0.25, 0.3) is 0 Å². The van der Waals surface area contributed by atoms with Crippen LogP contribution >= 0.6 is 0 Å². The fourth-order valence-corrected chi connectivity index (χ4v) is 0.608. The molecule has 0 spiro atoms. The molecule has 0 saturated carbocycles. The van der Waals surface area contributed by atoms with Gasteiger partial charge >= 0.3 is 0 Å². The van der Waals surface area contributed by atoms with Gasteiger partial charge in [0.25, 0.3) is 0 Å². The van der Waals surface area contributed by atoms with Crippen LogP contribution in [-0.2, 0) is 4.74 Å². The number of hydrogen-bond donors (Lipinski definition) is 1. The van der Waals surface area contributed by atoms with Gasteiger partial charge in [0.15, 0.2) is 0 Å². The molecular weight excluding hydrogens is 152 g/mol. The van der Waals surface area contributed by atoms with Crippen LogP contribution in [0.2, 0.25) is 0 Å². The molecule has 0 aromatic rings. The molecule has 0 heterocycles. The molecule has 0 rings (SSSR count). The highest BCUT2D eigenvalue weighted by atomic mass is 16.5. The Labute approximate surface area is 74.5 Å². The number of nitrogens with zero attached hydrogens (tertiary/aromatic N) is 1. The Bertz CT molecular complexity index is 173. The molecule has 0 aromatic heterocycles. The molecule has 0 aliphatic carbocycles. The third-order valence-corrected chi connectivity index (χ3v) is 1.48. The number of hydrogen-bond acceptors (Lipinski definition) is 3. The summed E-state index contributed by atoms with van der Waals surface area (Å²) in [5.74, 6) is 0.742. The van der Waals surface area contributed by atoms with Crippen molar-refractivity contribution in [3.8, 4) is 0 Å². The number of nitrogens with two attached hydrogens (primary N) is 1. The first-order chi connectivity index (χ1) is 5.57. The van der Waals surface area contributed by atoms with E-state index in [1.54, 1.807) is 6.08 Å². The highest BCUT2D eigenvalue weighted by Crippen LogP contribution is 2.00. The smallest absolute Gasteiger partial charge is 0.116 e. The number of allylic oxidation sites excluding steroid dienone is 2. The van der Waals surface area contributed by atoms with Crippen LogP contribution in [0.3, 0.4) is 0 Å². The van der Waals surface area contributed by atoms with Gasteiger partial charge in [-0.2, -0.15) is 0 Å². The Morgan fingerprint density at radius 1 is 1.58 bits per heavy atom. The van der Waals surface area contributed by atoms with Gasteiger partial charge in [0, 0.05) is 6.54 Å². The van der Waals surface area contributed by atoms with Crippen molar-refractivity contribution in [1.29, 1.82) is 0 Å². The third-order valence-electron chi connectivity index (χ3n) is 1.48. The van der Waals surface area contributed by atoms with Crippen LogP contribution in [0.5, 0.6) is 0 Å². The molecule has 0 radical (unpaired) electrons. The van der Waals surface area contributed by atoms with E-state index in [2.05, 4.69) is 11.5 Å². The summed E-state index contributed by atoms with van der Waals surface area (Å²) in [5, 5.41) is 0. The maximum Gasteiger partial charge on any atom is 0.116 e. The van der Waals surface area contributed by atoms with Gasteiger partial charge in [-0.1, -0.05) is 6.58 Å². The molecule has 0 aromatic carbocycles. The second kappa shape index (κ2) is 5.66. The largest absolute Gasteiger partial charge is 0.495 e. The number of ether oxygens (including phenoxy) is 1. The molecule has 0 fully saturated rings. The Hall–Kier alpha value is -0.960. The molecule has 70 valence electrons. The number of likely N-dealkylation sites (N-methyl/N-ethyl adjacent to an activating group) is 1. The zero-order valence-electron chi connectivity index (χ0n) is 8.13. The summed E-state index contributed by atoms with van der Waals surface area (Å²) in [6, 6.07) is 0. The maximum absolute atomic E-state index is 5.56. The first kappa shape index (κ1) is 11.0. The monoisotopic (exact) mass is 170 g/mol. The average Bonchev–Trinajstić information content (AvgIpc) is 2.02. The van der Waals surface area contributed by atoms with E-state index < -0.39 is 0 Å². The topological polar surface area (TPSA) is 38.5 Å². The standard InChI is InChI=1S/C9H18N2O/c1-5-9(10)8(2)12-7-6-11(3)4/h5H,1,6-7,10H2,2-4H3/b9-8+. The quantitative estimate of drug-likeness (QED) is 0.493. The highest BCUT2D eigenvalue weighted by Gasteiger charge is 1.95. The predicted molar refractivity (Wildman–Crippen MR) is 51.6 cm³/mol. The molecule has 0 atom stereocenters. The molecule has 0 amide bonds. The van der Waals surface area contributed by atoms with Crippen molar-refractivity contribution >= 4 is 0 Å². The van der Waals surface area contributed by atoms with Gasteiger partial charge in [0.2, 0.25) is 0 Å². The van der Waals surface area contributed by atoms with E-state index in [9.17, 15) is 0 Å².